The molecule has 5 nitrogen and oxygen atoms in total. The van der Waals surface area contributed by atoms with Crippen LogP contribution in [0, 0.1) is 5.92 Å². The summed E-state index contributed by atoms with van der Waals surface area (Å²) >= 11 is 0. The van der Waals surface area contributed by atoms with Gasteiger partial charge in [0.1, 0.15) is 0 Å². The average Bonchev–Trinajstić information content (AvgIpc) is 3.25. The first-order valence-electron chi connectivity index (χ1n) is 8.83. The summed E-state index contributed by atoms with van der Waals surface area (Å²) in [6.45, 7) is 1.50. The zero-order valence-electron chi connectivity index (χ0n) is 13.8. The third kappa shape index (κ3) is 2.72. The first-order chi connectivity index (χ1) is 11.7. The van der Waals surface area contributed by atoms with Gasteiger partial charge in [-0.3, -0.25) is 14.6 Å². The largest absolute Gasteiger partial charge is 0.350 e. The molecule has 3 aliphatic rings. The van der Waals surface area contributed by atoms with E-state index >= 15 is 0 Å². The molecule has 2 aliphatic heterocycles. The van der Waals surface area contributed by atoms with Crippen molar-refractivity contribution in [3.8, 4) is 0 Å². The summed E-state index contributed by atoms with van der Waals surface area (Å²) in [4.78, 5) is 31.0. The van der Waals surface area contributed by atoms with Crippen LogP contribution in [0.3, 0.4) is 0 Å². The highest BCUT2D eigenvalue weighted by molar-refractivity contribution is 5.87. The van der Waals surface area contributed by atoms with E-state index < -0.39 is 0 Å². The summed E-state index contributed by atoms with van der Waals surface area (Å²) in [5.74, 6) is 0.446. The number of aromatic nitrogens is 1. The number of nitrogens with zero attached hydrogens (tertiary/aromatic N) is 2. The fourth-order valence-corrected chi connectivity index (χ4v) is 4.31. The first-order valence-corrected chi connectivity index (χ1v) is 8.83. The highest BCUT2D eigenvalue weighted by Gasteiger charge is 2.47. The van der Waals surface area contributed by atoms with Crippen molar-refractivity contribution in [3.05, 3.63) is 42.2 Å². The number of allylic oxidation sites excluding steroid dienone is 2. The zero-order chi connectivity index (χ0) is 16.6. The Hall–Kier alpha value is -2.17. The van der Waals surface area contributed by atoms with Gasteiger partial charge in [0, 0.05) is 36.9 Å². The van der Waals surface area contributed by atoms with Crippen LogP contribution in [0.5, 0.6) is 0 Å². The second kappa shape index (κ2) is 6.04. The van der Waals surface area contributed by atoms with Crippen LogP contribution in [-0.4, -0.2) is 40.3 Å². The molecular weight excluding hydrogens is 302 g/mol. The normalized spacial score (nSPS) is 26.1. The van der Waals surface area contributed by atoms with Crippen molar-refractivity contribution in [1.82, 2.24) is 15.2 Å². The topological polar surface area (TPSA) is 62.3 Å². The quantitative estimate of drug-likeness (QED) is 0.846. The third-order valence-corrected chi connectivity index (χ3v) is 5.80. The number of carbonyl (C=O) groups is 2. The minimum atomic E-state index is -0.143. The maximum Gasteiger partial charge on any atom is 0.228 e. The lowest BCUT2D eigenvalue weighted by molar-refractivity contribution is -0.136. The zero-order valence-corrected chi connectivity index (χ0v) is 13.8. The number of rotatable bonds is 2. The van der Waals surface area contributed by atoms with Gasteiger partial charge < -0.3 is 10.2 Å². The summed E-state index contributed by atoms with van der Waals surface area (Å²) in [6, 6.07) is 3.85. The molecule has 2 amide bonds. The Bertz CT molecular complexity index is 654. The van der Waals surface area contributed by atoms with Crippen LogP contribution in [0.2, 0.25) is 0 Å². The number of pyridine rings is 1. The highest BCUT2D eigenvalue weighted by atomic mass is 16.2. The fraction of sp³-hybridized carbons (Fsp3) is 0.526. The molecule has 1 aromatic rings. The Labute approximate surface area is 142 Å². The summed E-state index contributed by atoms with van der Waals surface area (Å²) in [7, 11) is 0. The van der Waals surface area contributed by atoms with Gasteiger partial charge in [0.2, 0.25) is 11.8 Å². The fourth-order valence-electron chi connectivity index (χ4n) is 4.31. The lowest BCUT2D eigenvalue weighted by Gasteiger charge is -2.40. The SMILES string of the molecule is O=C1NC2(CCN(C(=O)C3CC=CC3)CC2)C[C@@H]1c1ccncc1. The van der Waals surface area contributed by atoms with E-state index in [1.165, 1.54) is 0 Å². The standard InChI is InChI=1S/C19H23N3O2/c23-17-16(14-5-9-20-10-6-14)13-19(21-17)7-11-22(12-8-19)18(24)15-3-1-2-4-15/h1-2,5-6,9-10,15-16H,3-4,7-8,11-13H2,(H,21,23)/t16-/m1/s1. The van der Waals surface area contributed by atoms with Crippen molar-refractivity contribution in [1.29, 1.82) is 0 Å². The van der Waals surface area contributed by atoms with Crippen molar-refractivity contribution >= 4 is 11.8 Å². The van der Waals surface area contributed by atoms with Crippen LogP contribution in [0.4, 0.5) is 0 Å². The predicted molar refractivity (Wildman–Crippen MR) is 90.1 cm³/mol. The second-order valence-electron chi connectivity index (χ2n) is 7.27. The van der Waals surface area contributed by atoms with Gasteiger partial charge in [-0.2, -0.15) is 0 Å². The Kier molecular flexibility index (Phi) is 3.87. The molecule has 24 heavy (non-hydrogen) atoms. The van der Waals surface area contributed by atoms with Crippen LogP contribution in [0.1, 0.15) is 43.6 Å². The van der Waals surface area contributed by atoms with E-state index in [1.54, 1.807) is 12.4 Å². The molecule has 0 unspecified atom stereocenters. The van der Waals surface area contributed by atoms with Crippen molar-refractivity contribution in [3.63, 3.8) is 0 Å². The lowest BCUT2D eigenvalue weighted by Crippen LogP contribution is -2.53. The van der Waals surface area contributed by atoms with E-state index in [1.807, 2.05) is 17.0 Å². The first kappa shape index (κ1) is 15.4. The molecule has 2 saturated heterocycles. The van der Waals surface area contributed by atoms with E-state index in [2.05, 4.69) is 22.5 Å². The molecule has 1 N–H and O–H groups in total. The van der Waals surface area contributed by atoms with Crippen molar-refractivity contribution in [2.45, 2.75) is 43.6 Å². The van der Waals surface area contributed by atoms with E-state index in [9.17, 15) is 9.59 Å². The Morgan fingerprint density at radius 2 is 1.83 bits per heavy atom. The number of hydrogen-bond acceptors (Lipinski definition) is 3. The third-order valence-electron chi connectivity index (χ3n) is 5.80. The molecule has 2 fully saturated rings. The average molecular weight is 325 g/mol. The minimum absolute atomic E-state index is 0.0886. The van der Waals surface area contributed by atoms with Crippen LogP contribution in [-0.2, 0) is 9.59 Å². The molecule has 1 atom stereocenters. The number of piperidine rings is 1. The molecule has 0 saturated carbocycles. The summed E-state index contributed by atoms with van der Waals surface area (Å²) in [6.07, 6.45) is 12.0. The molecule has 0 bridgehead atoms. The Morgan fingerprint density at radius 1 is 1.17 bits per heavy atom. The summed E-state index contributed by atoms with van der Waals surface area (Å²) in [5.41, 5.74) is 0.894. The second-order valence-corrected chi connectivity index (χ2v) is 7.27. The summed E-state index contributed by atoms with van der Waals surface area (Å²) < 4.78 is 0. The highest BCUT2D eigenvalue weighted by Crippen LogP contribution is 2.39. The molecular formula is C19H23N3O2. The number of amides is 2. The Morgan fingerprint density at radius 3 is 2.50 bits per heavy atom. The molecule has 0 aromatic carbocycles. The molecule has 126 valence electrons. The molecule has 1 aliphatic carbocycles. The van der Waals surface area contributed by atoms with Gasteiger partial charge in [0.25, 0.3) is 0 Å². The summed E-state index contributed by atoms with van der Waals surface area (Å²) in [5, 5.41) is 3.24. The van der Waals surface area contributed by atoms with Crippen molar-refractivity contribution in [2.24, 2.45) is 5.92 Å². The smallest absolute Gasteiger partial charge is 0.228 e. The molecule has 0 radical (unpaired) electrons. The molecule has 5 heteroatoms. The number of nitrogens with one attached hydrogen (secondary N) is 1. The molecule has 1 spiro atoms. The molecule has 3 heterocycles. The maximum atomic E-state index is 12.5. The van der Waals surface area contributed by atoms with Crippen molar-refractivity contribution in [2.75, 3.05) is 13.1 Å². The van der Waals surface area contributed by atoms with Gasteiger partial charge in [0.15, 0.2) is 0 Å². The maximum absolute atomic E-state index is 12.5. The van der Waals surface area contributed by atoms with Gasteiger partial charge in [-0.15, -0.1) is 0 Å². The van der Waals surface area contributed by atoms with Crippen LogP contribution >= 0.6 is 0 Å². The van der Waals surface area contributed by atoms with Crippen LogP contribution < -0.4 is 5.32 Å². The lowest BCUT2D eigenvalue weighted by atomic mass is 9.82. The van der Waals surface area contributed by atoms with Crippen LogP contribution in [0.25, 0.3) is 0 Å². The molecule has 4 rings (SSSR count). The monoisotopic (exact) mass is 325 g/mol. The van der Waals surface area contributed by atoms with Gasteiger partial charge in [0.05, 0.1) is 5.92 Å². The predicted octanol–water partition coefficient (Wildman–Crippen LogP) is 2.01. The van der Waals surface area contributed by atoms with E-state index in [0.29, 0.717) is 0 Å². The van der Waals surface area contributed by atoms with Crippen LogP contribution in [0.15, 0.2) is 36.7 Å². The van der Waals surface area contributed by atoms with E-state index in [0.717, 1.165) is 50.8 Å². The minimum Gasteiger partial charge on any atom is -0.350 e. The number of hydrogen-bond donors (Lipinski definition) is 1. The Balaban J connectivity index is 1.40. The van der Waals surface area contributed by atoms with Gasteiger partial charge in [-0.05, 0) is 49.8 Å². The van der Waals surface area contributed by atoms with E-state index in [4.69, 9.17) is 0 Å². The van der Waals surface area contributed by atoms with Crippen molar-refractivity contribution < 1.29 is 9.59 Å². The number of likely N-dealkylation sites (tertiary alicyclic amines) is 1. The van der Waals surface area contributed by atoms with E-state index in [-0.39, 0.29) is 29.2 Å². The van der Waals surface area contributed by atoms with Gasteiger partial charge >= 0.3 is 0 Å². The van der Waals surface area contributed by atoms with Gasteiger partial charge in [-0.25, -0.2) is 0 Å². The number of carbonyl (C=O) groups excluding carboxylic acids is 2. The van der Waals surface area contributed by atoms with Gasteiger partial charge in [-0.1, -0.05) is 12.2 Å². The molecule has 1 aromatic heterocycles.